The average Bonchev–Trinajstić information content (AvgIpc) is 2.87. The number of anilines is 1. The van der Waals surface area contributed by atoms with Crippen molar-refractivity contribution in [2.24, 2.45) is 0 Å². The minimum atomic E-state index is -5.72. The van der Waals surface area contributed by atoms with Gasteiger partial charge in [-0.3, -0.25) is 18.4 Å². The SMILES string of the molecule is COP(=O)(O[C@H]1O[C@@H](n2ccc(NC(C)=O)nc2=O)[C@H](O)[C@@H]1O)OP(=O)(O)OP(=O)(O)O. The van der Waals surface area contributed by atoms with Gasteiger partial charge < -0.3 is 34.9 Å². The third kappa shape index (κ3) is 7.07. The molecule has 182 valence electrons. The Hall–Kier alpha value is -1.36. The largest absolute Gasteiger partial charge is 0.490 e. The number of amides is 1. The van der Waals surface area contributed by atoms with Crippen LogP contribution < -0.4 is 11.0 Å². The molecule has 2 rings (SSSR count). The smallest absolute Gasteiger partial charge is 0.385 e. The molecule has 0 bridgehead atoms. The number of nitrogens with zero attached hydrogens (tertiary/aromatic N) is 2. The first kappa shape index (κ1) is 26.9. The summed E-state index contributed by atoms with van der Waals surface area (Å²) in [6.45, 7) is 1.17. The van der Waals surface area contributed by atoms with E-state index in [9.17, 15) is 38.4 Å². The van der Waals surface area contributed by atoms with Crippen molar-refractivity contribution in [2.75, 3.05) is 12.4 Å². The Morgan fingerprint density at radius 3 is 2.31 bits per heavy atom. The number of phosphoric acid groups is 3. The van der Waals surface area contributed by atoms with Crippen LogP contribution in [0.1, 0.15) is 13.2 Å². The number of nitrogens with one attached hydrogen (secondary N) is 1. The zero-order valence-electron chi connectivity index (χ0n) is 16.0. The lowest BCUT2D eigenvalue weighted by molar-refractivity contribution is -0.136. The molecule has 1 saturated heterocycles. The fourth-order valence-corrected chi connectivity index (χ4v) is 5.71. The number of rotatable bonds is 9. The Labute approximate surface area is 178 Å². The van der Waals surface area contributed by atoms with Crippen LogP contribution in [0.3, 0.4) is 0 Å². The van der Waals surface area contributed by atoms with Crippen molar-refractivity contribution in [3.8, 4) is 0 Å². The number of carbonyl (C=O) groups excluding carboxylic acids is 1. The van der Waals surface area contributed by atoms with E-state index in [1.54, 1.807) is 0 Å². The number of carbonyl (C=O) groups is 1. The molecule has 0 aliphatic carbocycles. The highest BCUT2D eigenvalue weighted by Crippen LogP contribution is 2.68. The first-order chi connectivity index (χ1) is 14.6. The summed E-state index contributed by atoms with van der Waals surface area (Å²) in [6.07, 6.45) is -6.68. The van der Waals surface area contributed by atoms with Crippen molar-refractivity contribution in [1.29, 1.82) is 0 Å². The molecule has 6 atom stereocenters. The third-order valence-corrected chi connectivity index (χ3v) is 7.69. The van der Waals surface area contributed by atoms with Gasteiger partial charge in [0.25, 0.3) is 0 Å². The molecule has 1 fully saturated rings. The van der Waals surface area contributed by atoms with Gasteiger partial charge in [-0.25, -0.2) is 18.5 Å². The van der Waals surface area contributed by atoms with Crippen molar-refractivity contribution in [2.45, 2.75) is 31.6 Å². The highest BCUT2D eigenvalue weighted by atomic mass is 31.3. The van der Waals surface area contributed by atoms with Crippen LogP contribution in [0.25, 0.3) is 0 Å². The van der Waals surface area contributed by atoms with Gasteiger partial charge in [-0.05, 0) is 6.07 Å². The lowest BCUT2D eigenvalue weighted by Gasteiger charge is -2.22. The Morgan fingerprint density at radius 1 is 1.19 bits per heavy atom. The van der Waals surface area contributed by atoms with Crippen LogP contribution >= 0.6 is 23.5 Å². The monoisotopic (exact) mass is 525 g/mol. The number of aliphatic hydroxyl groups excluding tert-OH is 2. The molecule has 21 heteroatoms. The average molecular weight is 525 g/mol. The second-order valence-electron chi connectivity index (χ2n) is 5.92. The zero-order valence-corrected chi connectivity index (χ0v) is 18.7. The number of aromatic nitrogens is 2. The predicted molar refractivity (Wildman–Crippen MR) is 98.5 cm³/mol. The maximum atomic E-state index is 12.4. The molecule has 0 saturated carbocycles. The van der Waals surface area contributed by atoms with E-state index in [0.717, 1.165) is 12.3 Å². The van der Waals surface area contributed by atoms with E-state index < -0.39 is 59.8 Å². The molecule has 0 spiro atoms. The second-order valence-corrected chi connectivity index (χ2v) is 10.6. The molecule has 6 N–H and O–H groups in total. The quantitative estimate of drug-likeness (QED) is 0.206. The van der Waals surface area contributed by atoms with Crippen molar-refractivity contribution in [3.05, 3.63) is 22.7 Å². The van der Waals surface area contributed by atoms with Crippen LogP contribution in [-0.2, 0) is 40.9 Å². The van der Waals surface area contributed by atoms with Crippen molar-refractivity contribution in [1.82, 2.24) is 9.55 Å². The first-order valence-corrected chi connectivity index (χ1v) is 12.6. The number of hydrogen-bond donors (Lipinski definition) is 6. The maximum Gasteiger partial charge on any atom is 0.490 e. The Morgan fingerprint density at radius 2 is 1.81 bits per heavy atom. The van der Waals surface area contributed by atoms with E-state index in [0.29, 0.717) is 11.7 Å². The summed E-state index contributed by atoms with van der Waals surface area (Å²) >= 11 is 0. The zero-order chi connectivity index (χ0) is 24.5. The number of ether oxygens (including phenoxy) is 1. The van der Waals surface area contributed by atoms with Gasteiger partial charge in [0, 0.05) is 20.2 Å². The Kier molecular flexibility index (Phi) is 8.29. The van der Waals surface area contributed by atoms with Gasteiger partial charge in [-0.15, -0.1) is 0 Å². The fraction of sp³-hybridized carbons (Fsp3) is 0.545. The highest BCUT2D eigenvalue weighted by Gasteiger charge is 2.51. The van der Waals surface area contributed by atoms with Crippen LogP contribution in [0.4, 0.5) is 5.82 Å². The molecule has 32 heavy (non-hydrogen) atoms. The molecule has 1 aromatic heterocycles. The molecule has 1 amide bonds. The van der Waals surface area contributed by atoms with Gasteiger partial charge in [0.2, 0.25) is 5.91 Å². The van der Waals surface area contributed by atoms with E-state index >= 15 is 0 Å². The summed E-state index contributed by atoms with van der Waals surface area (Å²) in [5, 5.41) is 22.5. The van der Waals surface area contributed by atoms with Crippen LogP contribution in [0.5, 0.6) is 0 Å². The number of aliphatic hydroxyl groups is 2. The lowest BCUT2D eigenvalue weighted by atomic mass is 10.2. The molecule has 18 nitrogen and oxygen atoms in total. The molecule has 2 heterocycles. The fourth-order valence-electron chi connectivity index (χ4n) is 2.30. The van der Waals surface area contributed by atoms with Gasteiger partial charge in [-0.2, -0.15) is 13.6 Å². The Balaban J connectivity index is 2.21. The van der Waals surface area contributed by atoms with Crippen LogP contribution in [0.2, 0.25) is 0 Å². The summed E-state index contributed by atoms with van der Waals surface area (Å²) in [4.78, 5) is 53.2. The normalized spacial score (nSPS) is 27.5. The predicted octanol–water partition coefficient (Wildman–Crippen LogP) is -1.22. The van der Waals surface area contributed by atoms with Gasteiger partial charge in [0.05, 0.1) is 0 Å². The van der Waals surface area contributed by atoms with E-state index in [1.165, 1.54) is 6.92 Å². The van der Waals surface area contributed by atoms with Crippen LogP contribution in [-0.4, -0.2) is 66.0 Å². The maximum absolute atomic E-state index is 12.4. The van der Waals surface area contributed by atoms with E-state index in [-0.39, 0.29) is 5.82 Å². The molecule has 1 aliphatic heterocycles. The van der Waals surface area contributed by atoms with Crippen molar-refractivity contribution >= 4 is 35.2 Å². The van der Waals surface area contributed by atoms with Crippen molar-refractivity contribution in [3.63, 3.8) is 0 Å². The van der Waals surface area contributed by atoms with E-state index in [2.05, 4.69) is 28.0 Å². The summed E-state index contributed by atoms with van der Waals surface area (Å²) in [5.74, 6) is -0.643. The summed E-state index contributed by atoms with van der Waals surface area (Å²) in [7, 11) is -15.9. The van der Waals surface area contributed by atoms with Gasteiger partial charge in [0.15, 0.2) is 12.5 Å². The number of phosphoric ester groups is 1. The van der Waals surface area contributed by atoms with Crippen molar-refractivity contribution < 1.29 is 65.8 Å². The van der Waals surface area contributed by atoms with Gasteiger partial charge in [0.1, 0.15) is 18.0 Å². The molecular formula is C11H18N3O15P3. The van der Waals surface area contributed by atoms with E-state index in [1.807, 2.05) is 0 Å². The topological polar surface area (TPSA) is 262 Å². The highest BCUT2D eigenvalue weighted by molar-refractivity contribution is 7.66. The van der Waals surface area contributed by atoms with Crippen LogP contribution in [0, 0.1) is 0 Å². The Bertz CT molecular complexity index is 1050. The van der Waals surface area contributed by atoms with E-state index in [4.69, 9.17) is 14.5 Å². The molecule has 1 aromatic rings. The molecule has 2 unspecified atom stereocenters. The minimum absolute atomic E-state index is 0.124. The van der Waals surface area contributed by atoms with Gasteiger partial charge in [-0.1, -0.05) is 0 Å². The number of hydrogen-bond acceptors (Lipinski definition) is 13. The lowest BCUT2D eigenvalue weighted by Crippen LogP contribution is -2.36. The molecular weight excluding hydrogens is 507 g/mol. The summed E-state index contributed by atoms with van der Waals surface area (Å²) in [5.41, 5.74) is -1.05. The molecule has 0 radical (unpaired) electrons. The van der Waals surface area contributed by atoms with Crippen LogP contribution in [0.15, 0.2) is 17.1 Å². The third-order valence-electron chi connectivity index (χ3n) is 3.47. The second kappa shape index (κ2) is 9.87. The first-order valence-electron chi connectivity index (χ1n) is 8.09. The molecule has 0 aromatic carbocycles. The summed E-state index contributed by atoms with van der Waals surface area (Å²) in [6, 6.07) is 1.16. The standard InChI is InChI=1S/C11H18N3O15P3/c1-5(15)12-6-3-4-14(11(18)13-6)9-7(16)8(17)10(26-9)27-32(24,25-2)29-31(22,23)28-30(19,20)21/h3-4,7-10,16-17H,1-2H3,(H,22,23)(H2,19,20,21)(H,12,13,15,18)/t7-,8+,9-,10-,32?/m1/s1. The molecule has 1 aliphatic rings. The minimum Gasteiger partial charge on any atom is -0.385 e. The summed E-state index contributed by atoms with van der Waals surface area (Å²) < 4.78 is 57.0. The van der Waals surface area contributed by atoms with Gasteiger partial charge >= 0.3 is 29.2 Å².